The fourth-order valence-electron chi connectivity index (χ4n) is 0.340. The number of hydrogen-bond donors (Lipinski definition) is 0. The Morgan fingerprint density at radius 3 is 1.38 bits per heavy atom. The van der Waals surface area contributed by atoms with Crippen LogP contribution in [0.15, 0.2) is 0 Å². The van der Waals surface area contributed by atoms with Crippen LogP contribution < -0.4 is 0 Å². The minimum atomic E-state index is -0.0312. The number of carbonyl (C=O) groups is 2. The van der Waals surface area contributed by atoms with Crippen molar-refractivity contribution < 1.29 is 9.59 Å². The van der Waals surface area contributed by atoms with Gasteiger partial charge in [0.25, 0.3) is 0 Å². The largest absolute Gasteiger partial charge is 0.302 e. The quantitative estimate of drug-likeness (QED) is 0.417. The number of rotatable bonds is 5. The van der Waals surface area contributed by atoms with Crippen LogP contribution in [0, 0.1) is 0 Å². The van der Waals surface area contributed by atoms with Crippen molar-refractivity contribution >= 4 is 75.6 Å². The fourth-order valence-corrected chi connectivity index (χ4v) is 6.21. The van der Waals surface area contributed by atoms with Crippen LogP contribution in [0.1, 0.15) is 0 Å². The Labute approximate surface area is 120 Å². The van der Waals surface area contributed by atoms with Crippen molar-refractivity contribution in [3.05, 3.63) is 0 Å². The molecule has 0 unspecified atom stereocenters. The molecule has 0 spiro atoms. The highest BCUT2D eigenvalue weighted by Gasteiger charge is 2.12. The first-order valence-electron chi connectivity index (χ1n) is 3.84. The second-order valence-corrected chi connectivity index (χ2v) is 9.59. The number of hydrogen-bond acceptors (Lipinski definition) is 8. The van der Waals surface area contributed by atoms with E-state index in [0.717, 1.165) is 21.6 Å². The first-order chi connectivity index (χ1) is 7.52. The maximum absolute atomic E-state index is 11.3. The first-order valence-corrected chi connectivity index (χ1v) is 11.0. The summed E-state index contributed by atoms with van der Waals surface area (Å²) in [5.41, 5.74) is 0. The number of amides is 2. The standard InChI is InChI=1S/C6H12N2O2S6/c1-7(11-3)5(9)13-15-16-14-6(10)8(2)12-4/h1-4H3. The molecule has 0 saturated carbocycles. The minimum absolute atomic E-state index is 0.0312. The first kappa shape index (κ1) is 17.0. The topological polar surface area (TPSA) is 40.6 Å². The average Bonchev–Trinajstić information content (AvgIpc) is 2.31. The summed E-state index contributed by atoms with van der Waals surface area (Å²) in [5.74, 6) is 0. The molecule has 0 aliphatic heterocycles. The SMILES string of the molecule is CSN(C)C(=O)SSSSC(=O)N(C)SC. The molecule has 0 aromatic carbocycles. The Hall–Kier alpha value is 1.04. The lowest BCUT2D eigenvalue weighted by Gasteiger charge is -2.12. The van der Waals surface area contributed by atoms with E-state index in [9.17, 15) is 9.59 Å². The van der Waals surface area contributed by atoms with Crippen LogP contribution in [0.5, 0.6) is 0 Å². The normalized spacial score (nSPS) is 10.0. The van der Waals surface area contributed by atoms with Gasteiger partial charge < -0.3 is 0 Å². The molecule has 0 aromatic rings. The van der Waals surface area contributed by atoms with E-state index in [4.69, 9.17) is 0 Å². The molecule has 0 atom stereocenters. The van der Waals surface area contributed by atoms with Gasteiger partial charge in [-0.1, -0.05) is 23.9 Å². The average molecular weight is 337 g/mol. The van der Waals surface area contributed by atoms with E-state index in [1.54, 1.807) is 22.7 Å². The van der Waals surface area contributed by atoms with E-state index in [1.165, 1.54) is 43.5 Å². The molecule has 0 aliphatic carbocycles. The highest BCUT2D eigenvalue weighted by Crippen LogP contribution is 2.45. The van der Waals surface area contributed by atoms with Gasteiger partial charge in [-0.3, -0.25) is 18.2 Å². The zero-order chi connectivity index (χ0) is 12.6. The van der Waals surface area contributed by atoms with Crippen molar-refractivity contribution in [3.8, 4) is 0 Å². The summed E-state index contributed by atoms with van der Waals surface area (Å²) >= 11 is 2.72. The van der Waals surface area contributed by atoms with Crippen molar-refractivity contribution in [2.24, 2.45) is 0 Å². The van der Waals surface area contributed by atoms with Crippen molar-refractivity contribution in [2.75, 3.05) is 26.6 Å². The summed E-state index contributed by atoms with van der Waals surface area (Å²) in [4.78, 5) is 22.7. The third-order valence-corrected chi connectivity index (χ3v) is 8.64. The van der Waals surface area contributed by atoms with Crippen LogP contribution in [0.4, 0.5) is 9.59 Å². The second kappa shape index (κ2) is 10.0. The molecule has 0 fully saturated rings. The Morgan fingerprint density at radius 2 is 1.12 bits per heavy atom. The Kier molecular flexibility index (Phi) is 10.7. The smallest absolute Gasteiger partial charge is 0.280 e. The molecule has 0 saturated heterocycles. The monoisotopic (exact) mass is 336 g/mol. The van der Waals surface area contributed by atoms with Crippen LogP contribution in [0.2, 0.25) is 0 Å². The third-order valence-electron chi connectivity index (χ3n) is 1.30. The van der Waals surface area contributed by atoms with E-state index in [2.05, 4.69) is 0 Å². The Balaban J connectivity index is 3.61. The van der Waals surface area contributed by atoms with Gasteiger partial charge in [0.15, 0.2) is 0 Å². The van der Waals surface area contributed by atoms with Crippen LogP contribution >= 0.6 is 65.1 Å². The molecule has 94 valence electrons. The Bertz CT molecular complexity index is 217. The van der Waals surface area contributed by atoms with Gasteiger partial charge in [-0.2, -0.15) is 0 Å². The molecule has 0 aliphatic rings. The molecule has 0 aromatic heterocycles. The van der Waals surface area contributed by atoms with E-state index in [1.807, 2.05) is 12.5 Å². The predicted octanol–water partition coefficient (Wildman–Crippen LogP) is 4.32. The van der Waals surface area contributed by atoms with Crippen LogP contribution in [0.25, 0.3) is 0 Å². The fraction of sp³-hybridized carbons (Fsp3) is 0.667. The second-order valence-electron chi connectivity index (χ2n) is 2.19. The molecular weight excluding hydrogens is 324 g/mol. The summed E-state index contributed by atoms with van der Waals surface area (Å²) in [6.45, 7) is 0. The van der Waals surface area contributed by atoms with Gasteiger partial charge in [0, 0.05) is 48.2 Å². The predicted molar refractivity (Wildman–Crippen MR) is 83.7 cm³/mol. The molecule has 0 bridgehead atoms. The number of nitrogens with zero attached hydrogens (tertiary/aromatic N) is 2. The molecule has 0 rings (SSSR count). The number of carbonyl (C=O) groups excluding carboxylic acids is 2. The van der Waals surface area contributed by atoms with Crippen molar-refractivity contribution in [1.82, 2.24) is 8.61 Å². The van der Waals surface area contributed by atoms with Gasteiger partial charge >= 0.3 is 10.5 Å². The van der Waals surface area contributed by atoms with Crippen LogP contribution in [0.3, 0.4) is 0 Å². The third kappa shape index (κ3) is 7.38. The molecule has 4 nitrogen and oxygen atoms in total. The van der Waals surface area contributed by atoms with E-state index in [0.29, 0.717) is 0 Å². The molecule has 0 heterocycles. The van der Waals surface area contributed by atoms with Gasteiger partial charge in [-0.25, -0.2) is 0 Å². The van der Waals surface area contributed by atoms with E-state index >= 15 is 0 Å². The zero-order valence-electron chi connectivity index (χ0n) is 9.16. The lowest BCUT2D eigenvalue weighted by Crippen LogP contribution is -2.12. The van der Waals surface area contributed by atoms with Crippen LogP contribution in [-0.2, 0) is 0 Å². The van der Waals surface area contributed by atoms with Crippen molar-refractivity contribution in [2.45, 2.75) is 0 Å². The molecule has 16 heavy (non-hydrogen) atoms. The van der Waals surface area contributed by atoms with E-state index < -0.39 is 0 Å². The van der Waals surface area contributed by atoms with E-state index in [-0.39, 0.29) is 10.5 Å². The molecule has 0 N–H and O–H groups in total. The minimum Gasteiger partial charge on any atom is -0.280 e. The maximum Gasteiger partial charge on any atom is 0.302 e. The van der Waals surface area contributed by atoms with Gasteiger partial charge in [-0.05, 0) is 19.7 Å². The van der Waals surface area contributed by atoms with Crippen LogP contribution in [-0.4, -0.2) is 45.7 Å². The van der Waals surface area contributed by atoms with Gasteiger partial charge in [-0.15, -0.1) is 0 Å². The van der Waals surface area contributed by atoms with Crippen molar-refractivity contribution in [3.63, 3.8) is 0 Å². The maximum atomic E-state index is 11.3. The summed E-state index contributed by atoms with van der Waals surface area (Å²) in [5, 5.41) is -0.0625. The highest BCUT2D eigenvalue weighted by molar-refractivity contribution is 9.28. The van der Waals surface area contributed by atoms with Crippen molar-refractivity contribution in [1.29, 1.82) is 0 Å². The summed E-state index contributed by atoms with van der Waals surface area (Å²) in [7, 11) is 8.25. The lowest BCUT2D eigenvalue weighted by molar-refractivity contribution is 0.252. The molecular formula is C6H12N2O2S6. The van der Waals surface area contributed by atoms with Gasteiger partial charge in [0.2, 0.25) is 0 Å². The molecule has 10 heteroatoms. The van der Waals surface area contributed by atoms with Gasteiger partial charge in [0.05, 0.1) is 0 Å². The Morgan fingerprint density at radius 1 is 0.812 bits per heavy atom. The molecule has 0 radical (unpaired) electrons. The summed E-state index contributed by atoms with van der Waals surface area (Å²) in [6.07, 6.45) is 3.67. The van der Waals surface area contributed by atoms with Gasteiger partial charge in [0.1, 0.15) is 0 Å². The highest BCUT2D eigenvalue weighted by atomic mass is 33.7. The lowest BCUT2D eigenvalue weighted by atomic mass is 11.2. The summed E-state index contributed by atoms with van der Waals surface area (Å²) < 4.78 is 3.08. The zero-order valence-corrected chi connectivity index (χ0v) is 14.1. The molecule has 2 amide bonds. The summed E-state index contributed by atoms with van der Waals surface area (Å²) in [6, 6.07) is 0.